The molecule has 0 saturated carbocycles. The van der Waals surface area contributed by atoms with Crippen LogP contribution >= 0.6 is 0 Å². The van der Waals surface area contributed by atoms with E-state index in [4.69, 9.17) is 13.3 Å². The van der Waals surface area contributed by atoms with Crippen molar-refractivity contribution < 1.29 is 17.8 Å². The van der Waals surface area contributed by atoms with Gasteiger partial charge >= 0.3 is 8.80 Å². The highest BCUT2D eigenvalue weighted by Gasteiger charge is 2.46. The van der Waals surface area contributed by atoms with Crippen LogP contribution in [0.3, 0.4) is 0 Å². The van der Waals surface area contributed by atoms with Gasteiger partial charge < -0.3 is 17.8 Å². The van der Waals surface area contributed by atoms with E-state index in [1.807, 2.05) is 0 Å². The Morgan fingerprint density at radius 1 is 1.18 bits per heavy atom. The first kappa shape index (κ1) is 15.1. The van der Waals surface area contributed by atoms with Gasteiger partial charge in [0.05, 0.1) is 27.7 Å². The molecule has 102 valence electrons. The molecule has 0 aromatic carbocycles. The van der Waals surface area contributed by atoms with Crippen LogP contribution in [-0.2, 0) is 13.3 Å². The Morgan fingerprint density at radius 3 is 2.12 bits per heavy atom. The summed E-state index contributed by atoms with van der Waals surface area (Å²) in [5.41, 5.74) is 0. The first-order valence-corrected chi connectivity index (χ1v) is 8.41. The van der Waals surface area contributed by atoms with Crippen LogP contribution in [0.5, 0.6) is 0 Å². The van der Waals surface area contributed by atoms with Gasteiger partial charge in [0.25, 0.3) is 0 Å². The van der Waals surface area contributed by atoms with E-state index in [2.05, 4.69) is 35.0 Å². The molecule has 1 aliphatic heterocycles. The molecule has 1 saturated heterocycles. The van der Waals surface area contributed by atoms with Gasteiger partial charge in [-0.3, -0.25) is 0 Å². The van der Waals surface area contributed by atoms with Crippen molar-refractivity contribution >= 4 is 8.80 Å². The molecule has 4 nitrogen and oxygen atoms in total. The molecule has 0 bridgehead atoms. The Morgan fingerprint density at radius 2 is 1.71 bits per heavy atom. The highest BCUT2D eigenvalue weighted by atomic mass is 28.4. The summed E-state index contributed by atoms with van der Waals surface area (Å²) in [6.07, 6.45) is 2.57. The quantitative estimate of drug-likeness (QED) is 0.559. The molecule has 1 heterocycles. The van der Waals surface area contributed by atoms with E-state index in [-0.39, 0.29) is 12.2 Å². The lowest BCUT2D eigenvalue weighted by atomic mass is 10.2. The average molecular weight is 262 g/mol. The maximum atomic E-state index is 6.00. The lowest BCUT2D eigenvalue weighted by molar-refractivity contribution is -0.870. The van der Waals surface area contributed by atoms with Crippen LogP contribution in [0.15, 0.2) is 0 Å². The summed E-state index contributed by atoms with van der Waals surface area (Å²) in [5, 5.41) is 0. The van der Waals surface area contributed by atoms with Gasteiger partial charge in [-0.15, -0.1) is 0 Å². The van der Waals surface area contributed by atoms with E-state index < -0.39 is 8.80 Å². The second-order valence-electron chi connectivity index (χ2n) is 6.10. The highest BCUT2D eigenvalue weighted by molar-refractivity contribution is 6.60. The Bertz CT molecular complexity index is 232. The Hall–Kier alpha value is 0.0569. The van der Waals surface area contributed by atoms with Crippen LogP contribution in [-0.4, -0.2) is 60.3 Å². The van der Waals surface area contributed by atoms with Gasteiger partial charge in [0.1, 0.15) is 0 Å². The average Bonchev–Trinajstić information content (AvgIpc) is 2.14. The molecular weight excluding hydrogens is 234 g/mol. The van der Waals surface area contributed by atoms with Gasteiger partial charge in [-0.2, -0.15) is 0 Å². The molecular formula is C12H28NO3Si+. The fraction of sp³-hybridized carbons (Fsp3) is 1.00. The molecule has 1 unspecified atom stereocenters. The Balaban J connectivity index is 2.50. The fourth-order valence-corrected chi connectivity index (χ4v) is 4.99. The zero-order chi connectivity index (χ0) is 13.1. The van der Waals surface area contributed by atoms with Gasteiger partial charge in [-0.25, -0.2) is 0 Å². The van der Waals surface area contributed by atoms with Crippen LogP contribution in [0.25, 0.3) is 0 Å². The van der Waals surface area contributed by atoms with Gasteiger partial charge in [0.2, 0.25) is 0 Å². The maximum Gasteiger partial charge on any atom is 0.501 e. The minimum Gasteiger partial charge on any atom is -0.377 e. The first-order valence-electron chi connectivity index (χ1n) is 6.47. The van der Waals surface area contributed by atoms with Crippen molar-refractivity contribution in [3.63, 3.8) is 0 Å². The molecule has 0 N–H and O–H groups in total. The number of hydrogen-bond donors (Lipinski definition) is 0. The Labute approximate surface area is 107 Å². The van der Waals surface area contributed by atoms with E-state index in [1.165, 1.54) is 0 Å². The predicted octanol–water partition coefficient (Wildman–Crippen LogP) is 1.88. The number of quaternary nitrogens is 1. The molecule has 3 atom stereocenters. The summed E-state index contributed by atoms with van der Waals surface area (Å²) < 4.78 is 18.6. The SMILES string of the molecule is CO[Si]1(CCC[N+](C)(C)C)O[C@H](C)C[C@H](C)O1. The normalized spacial score (nSPS) is 34.9. The monoisotopic (exact) mass is 262 g/mol. The zero-order valence-corrected chi connectivity index (χ0v) is 13.2. The molecule has 0 amide bonds. The lowest BCUT2D eigenvalue weighted by Gasteiger charge is -2.39. The van der Waals surface area contributed by atoms with E-state index in [1.54, 1.807) is 7.11 Å². The molecule has 1 aliphatic rings. The van der Waals surface area contributed by atoms with Gasteiger partial charge in [-0.1, -0.05) is 0 Å². The number of nitrogens with zero attached hydrogens (tertiary/aromatic N) is 1. The summed E-state index contributed by atoms with van der Waals surface area (Å²) in [6, 6.07) is 0.924. The standard InChI is InChI=1S/C12H28NO3Si/c1-11-10-12(2)16-17(14-6,15-11)9-7-8-13(3,4)5/h11-12H,7-10H2,1-6H3/q+1/t11-,12+,17?. The second kappa shape index (κ2) is 5.80. The fourth-order valence-electron chi connectivity index (χ4n) is 2.29. The third-order valence-electron chi connectivity index (χ3n) is 3.05. The third kappa shape index (κ3) is 5.05. The minimum absolute atomic E-state index is 0.259. The summed E-state index contributed by atoms with van der Waals surface area (Å²) in [7, 11) is 5.94. The first-order chi connectivity index (χ1) is 7.76. The van der Waals surface area contributed by atoms with Gasteiger partial charge in [-0.05, 0) is 20.3 Å². The second-order valence-corrected chi connectivity index (χ2v) is 8.84. The topological polar surface area (TPSA) is 27.7 Å². The Kier molecular flexibility index (Phi) is 5.16. The van der Waals surface area contributed by atoms with Crippen LogP contribution < -0.4 is 0 Å². The van der Waals surface area contributed by atoms with Crippen LogP contribution in [0.1, 0.15) is 26.7 Å². The molecule has 0 aromatic rings. The van der Waals surface area contributed by atoms with Crippen molar-refractivity contribution in [2.45, 2.75) is 44.9 Å². The molecule has 0 radical (unpaired) electrons. The summed E-state index contributed by atoms with van der Waals surface area (Å²) in [6.45, 7) is 5.34. The molecule has 0 spiro atoms. The van der Waals surface area contributed by atoms with E-state index >= 15 is 0 Å². The van der Waals surface area contributed by atoms with Crippen molar-refractivity contribution in [2.75, 3.05) is 34.8 Å². The number of hydrogen-bond acceptors (Lipinski definition) is 3. The molecule has 1 rings (SSSR count). The molecule has 5 heteroatoms. The van der Waals surface area contributed by atoms with Gasteiger partial charge in [0, 0.05) is 31.8 Å². The predicted molar refractivity (Wildman–Crippen MR) is 70.8 cm³/mol. The third-order valence-corrected chi connectivity index (χ3v) is 6.16. The summed E-state index contributed by atoms with van der Waals surface area (Å²) in [4.78, 5) is 0. The van der Waals surface area contributed by atoms with Crippen LogP contribution in [0.2, 0.25) is 6.04 Å². The van der Waals surface area contributed by atoms with E-state index in [0.29, 0.717) is 0 Å². The van der Waals surface area contributed by atoms with Crippen LogP contribution in [0, 0.1) is 0 Å². The van der Waals surface area contributed by atoms with Gasteiger partial charge in [0.15, 0.2) is 0 Å². The smallest absolute Gasteiger partial charge is 0.377 e. The van der Waals surface area contributed by atoms with E-state index in [9.17, 15) is 0 Å². The van der Waals surface area contributed by atoms with Crippen molar-refractivity contribution in [1.29, 1.82) is 0 Å². The van der Waals surface area contributed by atoms with Crippen molar-refractivity contribution in [1.82, 2.24) is 0 Å². The lowest BCUT2D eigenvalue weighted by Crippen LogP contribution is -2.54. The maximum absolute atomic E-state index is 6.00. The van der Waals surface area contributed by atoms with Crippen LogP contribution in [0.4, 0.5) is 0 Å². The number of rotatable bonds is 5. The van der Waals surface area contributed by atoms with E-state index in [0.717, 1.165) is 29.9 Å². The molecule has 1 fully saturated rings. The highest BCUT2D eigenvalue weighted by Crippen LogP contribution is 2.28. The molecule has 0 aliphatic carbocycles. The van der Waals surface area contributed by atoms with Crippen molar-refractivity contribution in [3.8, 4) is 0 Å². The van der Waals surface area contributed by atoms with Crippen molar-refractivity contribution in [3.05, 3.63) is 0 Å². The summed E-state index contributed by atoms with van der Waals surface area (Å²) in [5.74, 6) is 0. The summed E-state index contributed by atoms with van der Waals surface area (Å²) >= 11 is 0. The molecule has 17 heavy (non-hydrogen) atoms. The minimum atomic E-state index is -2.39. The zero-order valence-electron chi connectivity index (χ0n) is 12.2. The molecule has 0 aromatic heterocycles. The van der Waals surface area contributed by atoms with Crippen molar-refractivity contribution in [2.24, 2.45) is 0 Å². The largest absolute Gasteiger partial charge is 0.501 e.